The summed E-state index contributed by atoms with van der Waals surface area (Å²) in [7, 11) is 0. The fraction of sp³-hybridized carbons (Fsp3) is 0.500. The van der Waals surface area contributed by atoms with Crippen LogP contribution in [0.4, 0.5) is 8.78 Å². The van der Waals surface area contributed by atoms with Gasteiger partial charge in [-0.3, -0.25) is 0 Å². The molecule has 0 aliphatic heterocycles. The fourth-order valence-electron chi connectivity index (χ4n) is 1.57. The van der Waals surface area contributed by atoms with Gasteiger partial charge < -0.3 is 5.73 Å². The highest BCUT2D eigenvalue weighted by Crippen LogP contribution is 2.28. The van der Waals surface area contributed by atoms with Crippen LogP contribution in [-0.4, -0.2) is 0 Å². The van der Waals surface area contributed by atoms with Gasteiger partial charge in [0.25, 0.3) is 0 Å². The number of nitrogens with two attached hydrogens (primary N) is 1. The molecule has 1 aromatic carbocycles. The molecule has 1 rings (SSSR count). The van der Waals surface area contributed by atoms with Crippen molar-refractivity contribution in [2.75, 3.05) is 0 Å². The minimum atomic E-state index is -0.570. The Kier molecular flexibility index (Phi) is 3.45. The molecule has 0 radical (unpaired) electrons. The molecule has 0 aliphatic rings. The molecular formula is C12H17F2N. The molecule has 0 bridgehead atoms. The second-order valence-corrected chi connectivity index (χ2v) is 5.04. The Balaban J connectivity index is 2.87. The maximum Gasteiger partial charge on any atom is 0.130 e. The Morgan fingerprint density at radius 1 is 1.27 bits per heavy atom. The molecule has 0 amide bonds. The molecule has 1 nitrogen and oxygen atoms in total. The lowest BCUT2D eigenvalue weighted by Crippen LogP contribution is -2.19. The molecule has 0 saturated carbocycles. The highest BCUT2D eigenvalue weighted by atomic mass is 19.1. The zero-order chi connectivity index (χ0) is 11.6. The molecule has 1 aromatic rings. The zero-order valence-electron chi connectivity index (χ0n) is 9.35. The van der Waals surface area contributed by atoms with Crippen LogP contribution in [0.2, 0.25) is 0 Å². The number of hydrogen-bond acceptors (Lipinski definition) is 1. The molecule has 1 atom stereocenters. The van der Waals surface area contributed by atoms with E-state index in [0.717, 1.165) is 6.07 Å². The van der Waals surface area contributed by atoms with Gasteiger partial charge in [-0.15, -0.1) is 0 Å². The van der Waals surface area contributed by atoms with E-state index < -0.39 is 11.6 Å². The average Bonchev–Trinajstić information content (AvgIpc) is 1.99. The van der Waals surface area contributed by atoms with Crippen molar-refractivity contribution in [1.29, 1.82) is 0 Å². The number of benzene rings is 1. The average molecular weight is 213 g/mol. The van der Waals surface area contributed by atoms with Crippen LogP contribution < -0.4 is 5.73 Å². The lowest BCUT2D eigenvalue weighted by molar-refractivity contribution is 0.338. The molecule has 0 aromatic heterocycles. The normalized spacial score (nSPS) is 14.0. The summed E-state index contributed by atoms with van der Waals surface area (Å²) in [5.74, 6) is -1.13. The third-order valence-electron chi connectivity index (χ3n) is 2.19. The van der Waals surface area contributed by atoms with Crippen LogP contribution in [0.25, 0.3) is 0 Å². The molecular weight excluding hydrogens is 196 g/mol. The van der Waals surface area contributed by atoms with Crippen LogP contribution in [0, 0.1) is 17.0 Å². The first-order valence-corrected chi connectivity index (χ1v) is 5.00. The van der Waals surface area contributed by atoms with Gasteiger partial charge in [0.15, 0.2) is 0 Å². The summed E-state index contributed by atoms with van der Waals surface area (Å²) < 4.78 is 26.0. The van der Waals surface area contributed by atoms with Crippen LogP contribution in [0.15, 0.2) is 18.2 Å². The van der Waals surface area contributed by atoms with E-state index in [0.29, 0.717) is 12.0 Å². The van der Waals surface area contributed by atoms with Crippen molar-refractivity contribution in [3.63, 3.8) is 0 Å². The molecule has 1 unspecified atom stereocenters. The molecule has 0 saturated heterocycles. The molecule has 2 N–H and O–H groups in total. The van der Waals surface area contributed by atoms with Crippen molar-refractivity contribution in [3.8, 4) is 0 Å². The number of rotatable bonds is 2. The van der Waals surface area contributed by atoms with Crippen molar-refractivity contribution < 1.29 is 8.78 Å². The van der Waals surface area contributed by atoms with E-state index in [1.807, 2.05) is 20.8 Å². The van der Waals surface area contributed by atoms with E-state index >= 15 is 0 Å². The quantitative estimate of drug-likeness (QED) is 0.800. The monoisotopic (exact) mass is 213 g/mol. The van der Waals surface area contributed by atoms with Gasteiger partial charge in [0.05, 0.1) is 0 Å². The summed E-state index contributed by atoms with van der Waals surface area (Å²) in [4.78, 5) is 0. The van der Waals surface area contributed by atoms with Gasteiger partial charge in [0.1, 0.15) is 11.6 Å². The zero-order valence-corrected chi connectivity index (χ0v) is 9.35. The second-order valence-electron chi connectivity index (χ2n) is 5.04. The van der Waals surface area contributed by atoms with Crippen molar-refractivity contribution >= 4 is 0 Å². The lowest BCUT2D eigenvalue weighted by Gasteiger charge is -2.23. The molecule has 0 heterocycles. The van der Waals surface area contributed by atoms with E-state index in [1.54, 1.807) is 0 Å². The van der Waals surface area contributed by atoms with Crippen molar-refractivity contribution in [2.45, 2.75) is 33.2 Å². The summed E-state index contributed by atoms with van der Waals surface area (Å²) >= 11 is 0. The molecule has 84 valence electrons. The van der Waals surface area contributed by atoms with Gasteiger partial charge in [-0.25, -0.2) is 8.78 Å². The van der Waals surface area contributed by atoms with E-state index in [9.17, 15) is 8.78 Å². The first-order chi connectivity index (χ1) is 6.79. The highest BCUT2D eigenvalue weighted by molar-refractivity contribution is 5.22. The fourth-order valence-corrected chi connectivity index (χ4v) is 1.57. The highest BCUT2D eigenvalue weighted by Gasteiger charge is 2.19. The topological polar surface area (TPSA) is 26.0 Å². The lowest BCUT2D eigenvalue weighted by atomic mass is 9.86. The van der Waals surface area contributed by atoms with Gasteiger partial charge in [0.2, 0.25) is 0 Å². The first kappa shape index (κ1) is 12.1. The van der Waals surface area contributed by atoms with Crippen molar-refractivity contribution in [2.24, 2.45) is 11.1 Å². The Hall–Kier alpha value is -0.960. The molecule has 3 heteroatoms. The minimum Gasteiger partial charge on any atom is -0.324 e. The van der Waals surface area contributed by atoms with Crippen LogP contribution >= 0.6 is 0 Å². The van der Waals surface area contributed by atoms with Gasteiger partial charge in [-0.1, -0.05) is 26.8 Å². The SMILES string of the molecule is CC(C)(C)CC(N)c1ccc(F)cc1F. The number of halogens is 2. The largest absolute Gasteiger partial charge is 0.324 e. The Morgan fingerprint density at radius 3 is 2.33 bits per heavy atom. The summed E-state index contributed by atoms with van der Waals surface area (Å²) in [6, 6.07) is 3.14. The standard InChI is InChI=1S/C12H17F2N/c1-12(2,3)7-11(15)9-5-4-8(13)6-10(9)14/h4-6,11H,7,15H2,1-3H3. The van der Waals surface area contributed by atoms with Crippen molar-refractivity contribution in [3.05, 3.63) is 35.4 Å². The molecule has 15 heavy (non-hydrogen) atoms. The summed E-state index contributed by atoms with van der Waals surface area (Å²) in [6.45, 7) is 6.11. The first-order valence-electron chi connectivity index (χ1n) is 5.00. The molecule has 0 spiro atoms. The van der Waals surface area contributed by atoms with E-state index in [1.165, 1.54) is 12.1 Å². The maximum atomic E-state index is 13.4. The van der Waals surface area contributed by atoms with E-state index in [-0.39, 0.29) is 11.5 Å². The predicted octanol–water partition coefficient (Wildman–Crippen LogP) is 3.40. The minimum absolute atomic E-state index is 0.0280. The summed E-state index contributed by atoms with van der Waals surface area (Å²) in [6.07, 6.45) is 0.662. The van der Waals surface area contributed by atoms with Crippen LogP contribution in [-0.2, 0) is 0 Å². The van der Waals surface area contributed by atoms with Crippen molar-refractivity contribution in [1.82, 2.24) is 0 Å². The maximum absolute atomic E-state index is 13.4. The summed E-state index contributed by atoms with van der Waals surface area (Å²) in [5.41, 5.74) is 6.28. The van der Waals surface area contributed by atoms with Crippen LogP contribution in [0.3, 0.4) is 0 Å². The Bertz CT molecular complexity index is 342. The third kappa shape index (κ3) is 3.59. The summed E-state index contributed by atoms with van der Waals surface area (Å²) in [5, 5.41) is 0. The van der Waals surface area contributed by atoms with E-state index in [4.69, 9.17) is 5.73 Å². The molecule has 0 fully saturated rings. The smallest absolute Gasteiger partial charge is 0.130 e. The van der Waals surface area contributed by atoms with Gasteiger partial charge in [0, 0.05) is 17.7 Å². The Labute approximate surface area is 89.3 Å². The Morgan fingerprint density at radius 2 is 1.87 bits per heavy atom. The van der Waals surface area contributed by atoms with Crippen LogP contribution in [0.1, 0.15) is 38.8 Å². The van der Waals surface area contributed by atoms with Gasteiger partial charge in [-0.05, 0) is 17.9 Å². The molecule has 0 aliphatic carbocycles. The number of hydrogen-bond donors (Lipinski definition) is 1. The van der Waals surface area contributed by atoms with Crippen LogP contribution in [0.5, 0.6) is 0 Å². The van der Waals surface area contributed by atoms with Gasteiger partial charge in [-0.2, -0.15) is 0 Å². The third-order valence-corrected chi connectivity index (χ3v) is 2.19. The van der Waals surface area contributed by atoms with E-state index in [2.05, 4.69) is 0 Å². The predicted molar refractivity (Wildman–Crippen MR) is 57.4 cm³/mol. The van der Waals surface area contributed by atoms with Gasteiger partial charge >= 0.3 is 0 Å². The second kappa shape index (κ2) is 4.27.